The van der Waals surface area contributed by atoms with Gasteiger partial charge in [-0.1, -0.05) is 30.0 Å². The third kappa shape index (κ3) is 10.8. The number of pyridine rings is 3. The highest BCUT2D eigenvalue weighted by Gasteiger charge is 2.23. The fourth-order valence-electron chi connectivity index (χ4n) is 7.28. The van der Waals surface area contributed by atoms with Crippen LogP contribution in [-0.2, 0) is 37.9 Å². The summed E-state index contributed by atoms with van der Waals surface area (Å²) in [6.07, 6.45) is 5.52. The second-order valence-corrected chi connectivity index (χ2v) is 21.4. The van der Waals surface area contributed by atoms with E-state index in [1.54, 1.807) is 18.0 Å². The average Bonchev–Trinajstić information content (AvgIpc) is 4.03. The van der Waals surface area contributed by atoms with Crippen LogP contribution in [0.2, 0.25) is 0 Å². The van der Waals surface area contributed by atoms with E-state index in [-0.39, 0.29) is 10.9 Å². The van der Waals surface area contributed by atoms with Crippen LogP contribution in [0.15, 0.2) is 88.7 Å². The van der Waals surface area contributed by atoms with E-state index < -0.39 is 20.6 Å². The maximum Gasteiger partial charge on any atom is 0.226 e. The number of thioether (sulfide) groups is 1. The first-order chi connectivity index (χ1) is 31.3. The van der Waals surface area contributed by atoms with E-state index in [0.29, 0.717) is 22.1 Å². The first kappa shape index (κ1) is 47.9. The lowest BCUT2D eigenvalue weighted by molar-refractivity contribution is 0.587. The Morgan fingerprint density at radius 3 is 1.52 bits per heavy atom. The fourth-order valence-corrected chi connectivity index (χ4v) is 10.6. The Kier molecular flexibility index (Phi) is 14.4. The van der Waals surface area contributed by atoms with Crippen molar-refractivity contribution in [3.8, 4) is 0 Å². The molecule has 0 bridgehead atoms. The number of aryl methyl sites for hydroxylation is 6. The summed E-state index contributed by atoms with van der Waals surface area (Å²) < 4.78 is 37.9. The molecule has 0 aliphatic heterocycles. The van der Waals surface area contributed by atoms with E-state index in [0.717, 1.165) is 88.8 Å². The van der Waals surface area contributed by atoms with Crippen molar-refractivity contribution in [2.24, 2.45) is 0 Å². The van der Waals surface area contributed by atoms with Gasteiger partial charge in [-0.25, -0.2) is 23.4 Å². The molecule has 342 valence electrons. The van der Waals surface area contributed by atoms with Crippen molar-refractivity contribution >= 4 is 65.5 Å². The van der Waals surface area contributed by atoms with Gasteiger partial charge in [-0.05, 0) is 186 Å². The maximum atomic E-state index is 12.7. The number of H-pyrrole nitrogens is 3. The number of hydrogen-bond acceptors (Lipinski definition) is 10. The summed E-state index contributed by atoms with van der Waals surface area (Å²) in [7, 11) is -4.80. The molecular weight excluding hydrogens is 883 g/mol. The molecule has 0 aliphatic rings. The Bertz CT molecular complexity index is 3410. The largest absolute Gasteiger partial charge is 0.333 e. The molecular formula is C51H57N9O3S3. The quantitative estimate of drug-likeness (QED) is 0.118. The number of sulfone groups is 1. The summed E-state index contributed by atoms with van der Waals surface area (Å²) >= 11 is 1.70. The van der Waals surface area contributed by atoms with Crippen molar-refractivity contribution in [2.45, 2.75) is 116 Å². The second-order valence-electron chi connectivity index (χ2n) is 17.1. The Morgan fingerprint density at radius 2 is 0.955 bits per heavy atom. The number of hydrogen-bond donors (Lipinski definition) is 3. The molecule has 0 spiro atoms. The van der Waals surface area contributed by atoms with Gasteiger partial charge in [0.15, 0.2) is 10.3 Å². The van der Waals surface area contributed by atoms with Gasteiger partial charge in [0.1, 0.15) is 5.75 Å². The molecule has 0 amide bonds. The zero-order valence-corrected chi connectivity index (χ0v) is 42.1. The Morgan fingerprint density at radius 1 is 0.515 bits per heavy atom. The van der Waals surface area contributed by atoms with Crippen LogP contribution in [0.1, 0.15) is 83.8 Å². The van der Waals surface area contributed by atoms with Crippen LogP contribution < -0.4 is 0 Å². The minimum absolute atomic E-state index is 0.00229. The molecule has 9 rings (SSSR count). The molecule has 6 heterocycles. The summed E-state index contributed by atoms with van der Waals surface area (Å²) in [5.74, 6) is 1.07. The zero-order chi connectivity index (χ0) is 47.6. The third-order valence-electron chi connectivity index (χ3n) is 12.3. The number of benzene rings is 3. The molecule has 15 heteroatoms. The van der Waals surface area contributed by atoms with Crippen molar-refractivity contribution in [1.82, 2.24) is 44.9 Å². The topological polar surface area (TPSA) is 176 Å². The van der Waals surface area contributed by atoms with Gasteiger partial charge in [-0.2, -0.15) is 0 Å². The maximum absolute atomic E-state index is 12.7. The second kappa shape index (κ2) is 19.8. The lowest BCUT2D eigenvalue weighted by Gasteiger charge is -2.09. The number of imidazole rings is 3. The minimum atomic E-state index is -3.57. The number of aromatic amines is 3. The monoisotopic (exact) mass is 939 g/mol. The van der Waals surface area contributed by atoms with Crippen LogP contribution in [0.3, 0.4) is 0 Å². The number of nitrogens with zero attached hydrogens (tertiary/aromatic N) is 6. The SMILES string of the molecule is Cc1ccc2nc(S(=O)(=O)Cc3ncc(C)c(C)c3C)[nH]c2c1.Cc1ccc2nc(S(=O)Cc3ncc(C)c(C)c3C)[nH]c2c1.Cc1ccc2nc(SCc3ncc(C)c(C)c3C)[nH]c2c1. The van der Waals surface area contributed by atoms with Crippen LogP contribution >= 0.6 is 11.8 Å². The summed E-state index contributed by atoms with van der Waals surface area (Å²) in [4.78, 5) is 36.0. The van der Waals surface area contributed by atoms with Gasteiger partial charge >= 0.3 is 0 Å². The predicted octanol–water partition coefficient (Wildman–Crippen LogP) is 11.1. The molecule has 12 nitrogen and oxygen atoms in total. The number of rotatable bonds is 9. The minimum Gasteiger partial charge on any atom is -0.333 e. The normalized spacial score (nSPS) is 12.0. The molecule has 0 saturated carbocycles. The van der Waals surface area contributed by atoms with Crippen LogP contribution in [0.5, 0.6) is 0 Å². The van der Waals surface area contributed by atoms with E-state index in [4.69, 9.17) is 0 Å². The highest BCUT2D eigenvalue weighted by atomic mass is 32.2. The number of aromatic nitrogens is 9. The molecule has 9 aromatic rings. The standard InChI is InChI=1S/C17H19N3O2S.C17H19N3OS.C17H19N3S/c1-10-5-6-14-15(7-10)20-17(19-14)23(21,22)9-16-13(4)12(3)11(2)8-18-16;1-10-5-6-14-15(7-10)20-17(19-14)22(21)9-16-13(4)12(3)11(2)8-18-16;1-10-5-6-14-15(7-10)20-17(19-14)21-9-16-13(4)12(3)11(2)8-18-16/h5-8H,9H2,1-4H3,(H,19,20);5-8H,9H2,1-4H3,(H,19,20);5-8H,9H2,1-4H3,(H,19,20). The molecule has 0 fully saturated rings. The van der Waals surface area contributed by atoms with Gasteiger partial charge in [0, 0.05) is 24.3 Å². The van der Waals surface area contributed by atoms with Crippen LogP contribution in [-0.4, -0.2) is 57.5 Å². The molecule has 0 saturated heterocycles. The lowest BCUT2D eigenvalue weighted by atomic mass is 10.1. The number of nitrogens with one attached hydrogen (secondary N) is 3. The van der Waals surface area contributed by atoms with E-state index in [2.05, 4.69) is 97.7 Å². The molecule has 1 atom stereocenters. The highest BCUT2D eigenvalue weighted by molar-refractivity contribution is 7.98. The van der Waals surface area contributed by atoms with E-state index in [9.17, 15) is 12.6 Å². The van der Waals surface area contributed by atoms with E-state index in [1.807, 2.05) is 97.3 Å². The average molecular weight is 940 g/mol. The number of fused-ring (bicyclic) bond motifs is 3. The highest BCUT2D eigenvalue weighted by Crippen LogP contribution is 2.27. The van der Waals surface area contributed by atoms with Crippen LogP contribution in [0.25, 0.3) is 33.1 Å². The van der Waals surface area contributed by atoms with Gasteiger partial charge in [-0.15, -0.1) is 0 Å². The molecule has 66 heavy (non-hydrogen) atoms. The summed E-state index contributed by atoms with van der Waals surface area (Å²) in [6.45, 7) is 24.5. The summed E-state index contributed by atoms with van der Waals surface area (Å²) in [5.41, 5.74) is 21.7. The Hall–Kier alpha value is -6.03. The van der Waals surface area contributed by atoms with Gasteiger partial charge in [-0.3, -0.25) is 19.2 Å². The molecule has 1 unspecified atom stereocenters. The van der Waals surface area contributed by atoms with Gasteiger partial charge in [0.2, 0.25) is 15.0 Å². The van der Waals surface area contributed by atoms with Crippen molar-refractivity contribution in [1.29, 1.82) is 0 Å². The fraction of sp³-hybridized carbons (Fsp3) is 0.294. The zero-order valence-electron chi connectivity index (χ0n) is 39.7. The van der Waals surface area contributed by atoms with Crippen molar-refractivity contribution < 1.29 is 12.6 Å². The van der Waals surface area contributed by atoms with Crippen LogP contribution in [0.4, 0.5) is 0 Å². The molecule has 6 aromatic heterocycles. The predicted molar refractivity (Wildman–Crippen MR) is 268 cm³/mol. The summed E-state index contributed by atoms with van der Waals surface area (Å²) in [5, 5.41) is 1.47. The molecule has 0 aliphatic carbocycles. The van der Waals surface area contributed by atoms with Gasteiger partial charge < -0.3 is 15.0 Å². The smallest absolute Gasteiger partial charge is 0.226 e. The van der Waals surface area contributed by atoms with Crippen molar-refractivity contribution in [2.75, 3.05) is 0 Å². The van der Waals surface area contributed by atoms with Gasteiger partial charge in [0.05, 0.1) is 66.7 Å². The van der Waals surface area contributed by atoms with E-state index >= 15 is 0 Å². The first-order valence-electron chi connectivity index (χ1n) is 21.7. The molecule has 0 radical (unpaired) electrons. The van der Waals surface area contributed by atoms with Crippen molar-refractivity contribution in [3.05, 3.63) is 157 Å². The third-order valence-corrected chi connectivity index (χ3v) is 15.8. The Balaban J connectivity index is 0.000000147. The van der Waals surface area contributed by atoms with Crippen LogP contribution in [0, 0.1) is 83.1 Å². The van der Waals surface area contributed by atoms with E-state index in [1.165, 1.54) is 27.8 Å². The molecule has 3 N–H and O–H groups in total. The lowest BCUT2D eigenvalue weighted by Crippen LogP contribution is -2.10. The summed E-state index contributed by atoms with van der Waals surface area (Å²) in [6, 6.07) is 17.9. The Labute approximate surface area is 393 Å². The first-order valence-corrected chi connectivity index (χ1v) is 25.6. The van der Waals surface area contributed by atoms with Crippen molar-refractivity contribution in [3.63, 3.8) is 0 Å². The van der Waals surface area contributed by atoms with Gasteiger partial charge in [0.25, 0.3) is 0 Å². The molecule has 3 aromatic carbocycles.